The summed E-state index contributed by atoms with van der Waals surface area (Å²) in [5.41, 5.74) is 2.87. The Kier molecular flexibility index (Phi) is 4.69. The molecule has 0 aliphatic heterocycles. The molecule has 0 aliphatic rings. The number of benzene rings is 2. The van der Waals surface area contributed by atoms with Gasteiger partial charge in [-0.15, -0.1) is 0 Å². The van der Waals surface area contributed by atoms with Crippen molar-refractivity contribution in [2.24, 2.45) is 5.92 Å². The van der Waals surface area contributed by atoms with Gasteiger partial charge in [0.1, 0.15) is 11.3 Å². The van der Waals surface area contributed by atoms with E-state index in [0.29, 0.717) is 33.4 Å². The summed E-state index contributed by atoms with van der Waals surface area (Å²) in [6.45, 7) is 5.04. The summed E-state index contributed by atoms with van der Waals surface area (Å²) in [5, 5.41) is 15.2. The molecule has 0 saturated carbocycles. The number of hydrogen-bond donors (Lipinski definition) is 2. The summed E-state index contributed by atoms with van der Waals surface area (Å²) in [6.07, 6.45) is 1.76. The highest BCUT2D eigenvalue weighted by molar-refractivity contribution is 6.31. The zero-order valence-electron chi connectivity index (χ0n) is 15.5. The van der Waals surface area contributed by atoms with Gasteiger partial charge >= 0.3 is 5.97 Å². The first-order valence-electron chi connectivity index (χ1n) is 9.02. The Balaban J connectivity index is 1.95. The van der Waals surface area contributed by atoms with Gasteiger partial charge in [-0.25, -0.2) is 4.79 Å². The Bertz CT molecular complexity index is 1200. The highest BCUT2D eigenvalue weighted by Crippen LogP contribution is 2.37. The third-order valence-electron chi connectivity index (χ3n) is 4.53. The molecular weight excluding hydrogens is 376 g/mol. The molecule has 2 N–H and O–H groups in total. The van der Waals surface area contributed by atoms with Crippen molar-refractivity contribution in [3.05, 3.63) is 59.2 Å². The molecule has 0 saturated heterocycles. The number of hydrogen-bond acceptors (Lipinski definition) is 4. The summed E-state index contributed by atoms with van der Waals surface area (Å²) < 4.78 is 5.98. The Morgan fingerprint density at radius 2 is 2.04 bits per heavy atom. The monoisotopic (exact) mass is 394 g/mol. The van der Waals surface area contributed by atoms with Gasteiger partial charge in [0.15, 0.2) is 0 Å². The number of fused-ring (bicyclic) bond motifs is 2. The van der Waals surface area contributed by atoms with Gasteiger partial charge < -0.3 is 14.8 Å². The normalized spacial score (nSPS) is 11.4. The second kappa shape index (κ2) is 7.17. The summed E-state index contributed by atoms with van der Waals surface area (Å²) in [5.74, 6) is -0.0698. The molecule has 0 amide bonds. The predicted octanol–water partition coefficient (Wildman–Crippen LogP) is 6.07. The van der Waals surface area contributed by atoms with E-state index in [0.717, 1.165) is 23.0 Å². The van der Waals surface area contributed by atoms with Crippen molar-refractivity contribution in [1.82, 2.24) is 4.98 Å². The first-order valence-corrected chi connectivity index (χ1v) is 9.39. The summed E-state index contributed by atoms with van der Waals surface area (Å²) >= 11 is 6.08. The van der Waals surface area contributed by atoms with Gasteiger partial charge in [-0.3, -0.25) is 4.98 Å². The van der Waals surface area contributed by atoms with Gasteiger partial charge in [0, 0.05) is 27.9 Å². The maximum Gasteiger partial charge on any atom is 0.336 e. The molecule has 0 aliphatic carbocycles. The van der Waals surface area contributed by atoms with E-state index in [1.165, 1.54) is 0 Å². The van der Waals surface area contributed by atoms with E-state index in [1.807, 2.05) is 12.1 Å². The molecule has 4 rings (SSSR count). The van der Waals surface area contributed by atoms with Gasteiger partial charge in [-0.05, 0) is 48.4 Å². The fourth-order valence-corrected chi connectivity index (χ4v) is 3.38. The van der Waals surface area contributed by atoms with Crippen molar-refractivity contribution in [2.75, 3.05) is 11.9 Å². The molecule has 28 heavy (non-hydrogen) atoms. The number of rotatable bonds is 5. The lowest BCUT2D eigenvalue weighted by atomic mass is 9.99. The topological polar surface area (TPSA) is 75.4 Å². The number of aromatic nitrogens is 1. The molecule has 0 radical (unpaired) electrons. The van der Waals surface area contributed by atoms with E-state index in [2.05, 4.69) is 24.1 Å². The molecule has 2 aromatic heterocycles. The van der Waals surface area contributed by atoms with E-state index in [-0.39, 0.29) is 5.56 Å². The maximum absolute atomic E-state index is 11.9. The van der Waals surface area contributed by atoms with Crippen LogP contribution >= 0.6 is 11.6 Å². The number of halogens is 1. The molecule has 5 nitrogen and oxygen atoms in total. The van der Waals surface area contributed by atoms with Gasteiger partial charge in [-0.2, -0.15) is 0 Å². The van der Waals surface area contributed by atoms with Crippen LogP contribution in [0.15, 0.2) is 53.1 Å². The molecule has 0 atom stereocenters. The molecule has 0 spiro atoms. The Morgan fingerprint density at radius 1 is 1.21 bits per heavy atom. The second-order valence-electron chi connectivity index (χ2n) is 7.15. The lowest BCUT2D eigenvalue weighted by molar-refractivity contribution is 0.0697. The van der Waals surface area contributed by atoms with Crippen LogP contribution < -0.4 is 5.32 Å². The number of nitrogens with one attached hydrogen (secondary N) is 1. The smallest absolute Gasteiger partial charge is 0.336 e. The van der Waals surface area contributed by atoms with Gasteiger partial charge in [0.05, 0.1) is 23.0 Å². The predicted molar refractivity (Wildman–Crippen MR) is 112 cm³/mol. The van der Waals surface area contributed by atoms with Gasteiger partial charge in [0.2, 0.25) is 0 Å². The largest absolute Gasteiger partial charge is 0.478 e. The van der Waals surface area contributed by atoms with Crippen LogP contribution in [-0.4, -0.2) is 22.6 Å². The molecule has 6 heteroatoms. The standard InChI is InChI=1S/C22H19ClN2O3/c1-12(2)10-24-15-9-17-18(25-11-15)5-4-16(22(26)27)21(17)20-8-13-7-14(23)3-6-19(13)28-20/h3-9,11-12,24H,10H2,1-2H3,(H,26,27). The summed E-state index contributed by atoms with van der Waals surface area (Å²) in [4.78, 5) is 16.4. The summed E-state index contributed by atoms with van der Waals surface area (Å²) in [7, 11) is 0. The van der Waals surface area contributed by atoms with Crippen molar-refractivity contribution in [3.63, 3.8) is 0 Å². The Hall–Kier alpha value is -3.05. The van der Waals surface area contributed by atoms with E-state index in [1.54, 1.807) is 36.5 Å². The lowest BCUT2D eigenvalue weighted by Gasteiger charge is -2.12. The highest BCUT2D eigenvalue weighted by atomic mass is 35.5. The molecular formula is C22H19ClN2O3. The lowest BCUT2D eigenvalue weighted by Crippen LogP contribution is -2.08. The fraction of sp³-hybridized carbons (Fsp3) is 0.182. The number of carbonyl (C=O) groups is 1. The van der Waals surface area contributed by atoms with Crippen LogP contribution in [0, 0.1) is 5.92 Å². The maximum atomic E-state index is 11.9. The SMILES string of the molecule is CC(C)CNc1cnc2ccc(C(=O)O)c(-c3cc4cc(Cl)ccc4o3)c2c1. The average molecular weight is 395 g/mol. The van der Waals surface area contributed by atoms with E-state index in [4.69, 9.17) is 16.0 Å². The second-order valence-corrected chi connectivity index (χ2v) is 7.59. The first-order chi connectivity index (χ1) is 13.4. The molecule has 4 aromatic rings. The molecule has 0 fully saturated rings. The number of anilines is 1. The highest BCUT2D eigenvalue weighted by Gasteiger charge is 2.19. The van der Waals surface area contributed by atoms with Crippen LogP contribution in [0.3, 0.4) is 0 Å². The van der Waals surface area contributed by atoms with Gasteiger partial charge in [-0.1, -0.05) is 25.4 Å². The number of carboxylic acid groups (broad SMARTS) is 1. The van der Waals surface area contributed by atoms with Crippen molar-refractivity contribution in [3.8, 4) is 11.3 Å². The van der Waals surface area contributed by atoms with Crippen LogP contribution in [0.4, 0.5) is 5.69 Å². The quantitative estimate of drug-likeness (QED) is 0.429. The average Bonchev–Trinajstić information content (AvgIpc) is 3.07. The molecule has 0 unspecified atom stereocenters. The molecule has 0 bridgehead atoms. The van der Waals surface area contributed by atoms with Crippen molar-refractivity contribution in [1.29, 1.82) is 0 Å². The van der Waals surface area contributed by atoms with E-state index < -0.39 is 5.97 Å². The zero-order valence-corrected chi connectivity index (χ0v) is 16.2. The van der Waals surface area contributed by atoms with Crippen LogP contribution in [0.25, 0.3) is 33.2 Å². The minimum Gasteiger partial charge on any atom is -0.478 e. The molecule has 2 aromatic carbocycles. The van der Waals surface area contributed by atoms with E-state index >= 15 is 0 Å². The Labute approximate surface area is 166 Å². The molecule has 142 valence electrons. The minimum atomic E-state index is -1.02. The van der Waals surface area contributed by atoms with Crippen molar-refractivity contribution >= 4 is 45.1 Å². The summed E-state index contributed by atoms with van der Waals surface area (Å²) in [6, 6.07) is 12.3. The zero-order chi connectivity index (χ0) is 19.8. The van der Waals surface area contributed by atoms with Crippen LogP contribution in [-0.2, 0) is 0 Å². The number of aromatic carboxylic acids is 1. The Morgan fingerprint density at radius 3 is 2.79 bits per heavy atom. The fourth-order valence-electron chi connectivity index (χ4n) is 3.20. The number of furan rings is 1. The van der Waals surface area contributed by atoms with Crippen LogP contribution in [0.5, 0.6) is 0 Å². The third-order valence-corrected chi connectivity index (χ3v) is 4.77. The number of nitrogens with zero attached hydrogens (tertiary/aromatic N) is 1. The van der Waals surface area contributed by atoms with Crippen molar-refractivity contribution < 1.29 is 14.3 Å². The van der Waals surface area contributed by atoms with Crippen LogP contribution in [0.2, 0.25) is 5.02 Å². The van der Waals surface area contributed by atoms with Crippen molar-refractivity contribution in [2.45, 2.75) is 13.8 Å². The first kappa shape index (κ1) is 18.3. The van der Waals surface area contributed by atoms with Gasteiger partial charge in [0.25, 0.3) is 0 Å². The molecule has 2 heterocycles. The minimum absolute atomic E-state index is 0.167. The van der Waals surface area contributed by atoms with Crippen LogP contribution in [0.1, 0.15) is 24.2 Å². The number of pyridine rings is 1. The third kappa shape index (κ3) is 3.41. The number of carboxylic acids is 1. The van der Waals surface area contributed by atoms with E-state index in [9.17, 15) is 9.90 Å².